The molecule has 5 aromatic rings. The molecule has 0 aliphatic carbocycles. The van der Waals surface area contributed by atoms with E-state index >= 15 is 0 Å². The highest BCUT2D eigenvalue weighted by Gasteiger charge is 2.39. The van der Waals surface area contributed by atoms with E-state index in [0.29, 0.717) is 30.1 Å². The number of likely N-dealkylation sites (tertiary alicyclic amines) is 2. The number of methoxy groups -OCH3 is 2. The fourth-order valence-electron chi connectivity index (χ4n) is 8.18. The molecule has 2 saturated heterocycles. The van der Waals surface area contributed by atoms with Crippen molar-refractivity contribution in [2.24, 2.45) is 11.8 Å². The highest BCUT2D eigenvalue weighted by Crippen LogP contribution is 2.35. The summed E-state index contributed by atoms with van der Waals surface area (Å²) < 4.78 is 9.62. The van der Waals surface area contributed by atoms with Gasteiger partial charge in [-0.3, -0.25) is 9.59 Å². The van der Waals surface area contributed by atoms with Gasteiger partial charge in [-0.25, -0.2) is 24.5 Å². The van der Waals surface area contributed by atoms with Gasteiger partial charge in [0.25, 0.3) is 0 Å². The quantitative estimate of drug-likeness (QED) is 0.103. The van der Waals surface area contributed by atoms with Gasteiger partial charge in [-0.15, -0.1) is 0 Å². The molecular formula is C43H53N9O6. The predicted octanol–water partition coefficient (Wildman–Crippen LogP) is 7.04. The van der Waals surface area contributed by atoms with Crippen LogP contribution in [0.2, 0.25) is 0 Å². The number of nitrogens with one attached hydrogen (secondary N) is 4. The van der Waals surface area contributed by atoms with Crippen molar-refractivity contribution in [3.63, 3.8) is 0 Å². The lowest BCUT2D eigenvalue weighted by Gasteiger charge is -2.30. The number of nitrogens with zero attached hydrogens (tertiary/aromatic N) is 5. The van der Waals surface area contributed by atoms with Gasteiger partial charge in [0.1, 0.15) is 29.2 Å². The van der Waals surface area contributed by atoms with Crippen molar-refractivity contribution < 1.29 is 28.7 Å². The zero-order valence-electron chi connectivity index (χ0n) is 34.0. The van der Waals surface area contributed by atoms with Crippen LogP contribution in [0.25, 0.3) is 44.5 Å². The van der Waals surface area contributed by atoms with Gasteiger partial charge in [0.2, 0.25) is 11.8 Å². The van der Waals surface area contributed by atoms with Crippen molar-refractivity contribution in [1.29, 1.82) is 0 Å². The van der Waals surface area contributed by atoms with E-state index in [1.54, 1.807) is 0 Å². The maximum absolute atomic E-state index is 13.8. The minimum absolute atomic E-state index is 0.0607. The van der Waals surface area contributed by atoms with Gasteiger partial charge in [-0.1, -0.05) is 64.8 Å². The molecule has 0 radical (unpaired) electrons. The predicted molar refractivity (Wildman–Crippen MR) is 219 cm³/mol. The number of H-pyrrole nitrogens is 2. The van der Waals surface area contributed by atoms with Crippen LogP contribution in [0.3, 0.4) is 0 Å². The number of amides is 4. The van der Waals surface area contributed by atoms with Gasteiger partial charge in [0, 0.05) is 24.2 Å². The first kappa shape index (κ1) is 40.2. The summed E-state index contributed by atoms with van der Waals surface area (Å²) in [6.07, 6.45) is 5.23. The average molecular weight is 792 g/mol. The Morgan fingerprint density at radius 1 is 0.741 bits per heavy atom. The molecule has 0 spiro atoms. The Balaban J connectivity index is 1.07. The van der Waals surface area contributed by atoms with Crippen LogP contribution < -0.4 is 10.6 Å². The zero-order valence-corrected chi connectivity index (χ0v) is 34.0. The Hall–Kier alpha value is -5.99. The smallest absolute Gasteiger partial charge is 0.407 e. The summed E-state index contributed by atoms with van der Waals surface area (Å²) in [6, 6.07) is 14.5. The highest BCUT2D eigenvalue weighted by molar-refractivity contribution is 5.91. The minimum atomic E-state index is -0.695. The Kier molecular flexibility index (Phi) is 12.0. The van der Waals surface area contributed by atoms with Gasteiger partial charge in [0.05, 0.1) is 43.9 Å². The third kappa shape index (κ3) is 8.07. The number of imidazole rings is 2. The number of aromatic nitrogens is 5. The molecule has 7 rings (SSSR count). The first-order valence-corrected chi connectivity index (χ1v) is 20.3. The van der Waals surface area contributed by atoms with Crippen LogP contribution in [0.15, 0.2) is 54.7 Å². The number of carbonyl (C=O) groups excluding carboxylic acids is 4. The van der Waals surface area contributed by atoms with E-state index in [1.807, 2.05) is 55.8 Å². The average Bonchev–Trinajstić information content (AvgIpc) is 4.09. The fourth-order valence-corrected chi connectivity index (χ4v) is 8.18. The molecule has 15 heteroatoms. The first-order valence-electron chi connectivity index (χ1n) is 20.3. The number of pyridine rings is 1. The lowest BCUT2D eigenvalue weighted by atomic mass is 9.97. The molecule has 15 nitrogen and oxygen atoms in total. The monoisotopic (exact) mass is 791 g/mol. The van der Waals surface area contributed by atoms with Gasteiger partial charge in [-0.2, -0.15) is 0 Å². The molecule has 0 bridgehead atoms. The van der Waals surface area contributed by atoms with E-state index in [4.69, 9.17) is 24.4 Å². The van der Waals surface area contributed by atoms with E-state index in [2.05, 4.69) is 57.0 Å². The molecule has 6 atom stereocenters. The summed E-state index contributed by atoms with van der Waals surface area (Å²) >= 11 is 0. The Bertz CT molecular complexity index is 2300. The molecule has 1 unspecified atom stereocenters. The Labute approximate surface area is 337 Å². The summed E-state index contributed by atoms with van der Waals surface area (Å²) in [6.45, 7) is 9.06. The van der Waals surface area contributed by atoms with Crippen LogP contribution >= 0.6 is 0 Å². The maximum atomic E-state index is 13.8. The summed E-state index contributed by atoms with van der Waals surface area (Å²) in [4.78, 5) is 76.8. The molecule has 2 aliphatic rings. The van der Waals surface area contributed by atoms with Crippen molar-refractivity contribution >= 4 is 45.9 Å². The Morgan fingerprint density at radius 2 is 1.29 bits per heavy atom. The molecule has 2 fully saturated rings. The third-order valence-corrected chi connectivity index (χ3v) is 12.0. The highest BCUT2D eigenvalue weighted by atomic mass is 16.5. The van der Waals surface area contributed by atoms with Crippen LogP contribution in [0, 0.1) is 11.8 Å². The second kappa shape index (κ2) is 17.2. The summed E-state index contributed by atoms with van der Waals surface area (Å²) in [5, 5.41) is 7.59. The molecule has 4 amide bonds. The number of benzene rings is 2. The maximum Gasteiger partial charge on any atom is 0.407 e. The van der Waals surface area contributed by atoms with Gasteiger partial charge >= 0.3 is 12.2 Å². The topological polar surface area (TPSA) is 188 Å². The molecular weight excluding hydrogens is 739 g/mol. The van der Waals surface area contributed by atoms with Crippen molar-refractivity contribution in [1.82, 2.24) is 45.4 Å². The summed E-state index contributed by atoms with van der Waals surface area (Å²) in [7, 11) is 2.59. The molecule has 0 saturated carbocycles. The number of hydrogen-bond donors (Lipinski definition) is 4. The molecule has 3 aromatic heterocycles. The lowest BCUT2D eigenvalue weighted by Crippen LogP contribution is -2.51. The van der Waals surface area contributed by atoms with Crippen LogP contribution in [0.1, 0.15) is 90.0 Å². The van der Waals surface area contributed by atoms with Crippen LogP contribution in [0.4, 0.5) is 9.59 Å². The van der Waals surface area contributed by atoms with Crippen molar-refractivity contribution in [2.45, 2.75) is 90.4 Å². The van der Waals surface area contributed by atoms with Crippen LogP contribution in [-0.2, 0) is 19.1 Å². The number of rotatable bonds is 12. The lowest BCUT2D eigenvalue weighted by molar-refractivity contribution is -0.136. The molecule has 2 aliphatic heterocycles. The normalized spacial score (nSPS) is 18.9. The van der Waals surface area contributed by atoms with E-state index in [-0.39, 0.29) is 35.7 Å². The second-order valence-electron chi connectivity index (χ2n) is 15.5. The summed E-state index contributed by atoms with van der Waals surface area (Å²) in [5.74, 6) is 1.000. The zero-order chi connectivity index (χ0) is 41.1. The minimum Gasteiger partial charge on any atom is -0.453 e. The third-order valence-electron chi connectivity index (χ3n) is 12.0. The summed E-state index contributed by atoms with van der Waals surface area (Å²) in [5.41, 5.74) is 4.92. The van der Waals surface area contributed by atoms with Crippen LogP contribution in [-0.4, -0.2) is 98.1 Å². The SMILES string of the molecule is CC[C@H](C)C(NC(=O)OC)C(=O)N1CCC[C@H]1c1ncc(-c2ccc3cc(-c4ccc5nc([C@@H]6CCCN6C(=O)[C@@H](NC(=O)OC)[C@@H](C)CC)[nH]c5n4)ccc3c2)[nH]1. The molecule has 58 heavy (non-hydrogen) atoms. The van der Waals surface area contributed by atoms with E-state index in [1.165, 1.54) is 14.2 Å². The van der Waals surface area contributed by atoms with Crippen molar-refractivity contribution in [3.05, 3.63) is 66.4 Å². The molecule has 306 valence electrons. The number of ether oxygens (including phenoxy) is 2. The number of fused-ring (bicyclic) bond motifs is 2. The molecule has 4 N–H and O–H groups in total. The van der Waals surface area contributed by atoms with E-state index in [0.717, 1.165) is 77.6 Å². The standard InChI is InChI=1S/C43H53N9O6/c1-7-24(3)35(48-42(55)57-5)40(53)51-19-9-11-33(51)38-44-23-32(47-38)29-16-14-26-21-28(15-13-27(26)22-29)30-17-18-31-37(45-30)50-39(46-31)34-12-10-20-52(34)41(54)36(25(4)8-2)49-43(56)58-6/h13-18,21-25,33-36H,7-12,19-20H2,1-6H3,(H,44,47)(H,48,55)(H,49,56)(H,45,46,50)/t24-,25-,33-,34-,35?,36-/m0/s1. The van der Waals surface area contributed by atoms with Crippen LogP contribution in [0.5, 0.6) is 0 Å². The number of alkyl carbamates (subject to hydrolysis) is 2. The van der Waals surface area contributed by atoms with Crippen molar-refractivity contribution in [3.8, 4) is 22.5 Å². The Morgan fingerprint density at radius 3 is 1.86 bits per heavy atom. The van der Waals surface area contributed by atoms with E-state index < -0.39 is 24.3 Å². The van der Waals surface area contributed by atoms with E-state index in [9.17, 15) is 19.2 Å². The van der Waals surface area contributed by atoms with Gasteiger partial charge < -0.3 is 39.9 Å². The largest absolute Gasteiger partial charge is 0.453 e. The van der Waals surface area contributed by atoms with Gasteiger partial charge in [0.15, 0.2) is 5.65 Å². The number of aromatic amines is 2. The number of carbonyl (C=O) groups is 4. The first-order chi connectivity index (χ1) is 28.0. The number of hydrogen-bond acceptors (Lipinski definition) is 9. The molecule has 2 aromatic carbocycles. The molecule has 5 heterocycles. The van der Waals surface area contributed by atoms with Crippen molar-refractivity contribution in [2.75, 3.05) is 27.3 Å². The second-order valence-corrected chi connectivity index (χ2v) is 15.5. The van der Waals surface area contributed by atoms with Gasteiger partial charge in [-0.05, 0) is 72.6 Å². The fraction of sp³-hybridized carbons (Fsp3) is 0.465.